The van der Waals surface area contributed by atoms with Gasteiger partial charge in [0.1, 0.15) is 5.82 Å². The van der Waals surface area contributed by atoms with Gasteiger partial charge in [-0.2, -0.15) is 0 Å². The molecular formula is C15H22N2O3. The summed E-state index contributed by atoms with van der Waals surface area (Å²) in [5.41, 5.74) is 0.172. The lowest BCUT2D eigenvalue weighted by molar-refractivity contribution is -0.0512. The van der Waals surface area contributed by atoms with Crippen molar-refractivity contribution >= 4 is 11.8 Å². The van der Waals surface area contributed by atoms with E-state index in [0.29, 0.717) is 5.82 Å². The molecule has 5 heteroatoms. The molecule has 0 bridgehead atoms. The summed E-state index contributed by atoms with van der Waals surface area (Å²) in [6.45, 7) is 7.23. The van der Waals surface area contributed by atoms with Crippen LogP contribution in [-0.2, 0) is 4.74 Å². The van der Waals surface area contributed by atoms with Crippen LogP contribution in [0.5, 0.6) is 0 Å². The van der Waals surface area contributed by atoms with Gasteiger partial charge in [-0.3, -0.25) is 0 Å². The van der Waals surface area contributed by atoms with Crippen molar-refractivity contribution in [2.45, 2.75) is 45.8 Å². The van der Waals surface area contributed by atoms with Crippen LogP contribution in [0.1, 0.15) is 44.1 Å². The van der Waals surface area contributed by atoms with E-state index in [9.17, 15) is 4.79 Å². The molecule has 20 heavy (non-hydrogen) atoms. The first-order chi connectivity index (χ1) is 9.36. The molecule has 110 valence electrons. The number of hydrogen-bond donors (Lipinski definition) is 2. The first-order valence-corrected chi connectivity index (χ1v) is 6.95. The van der Waals surface area contributed by atoms with Crippen molar-refractivity contribution in [3.05, 3.63) is 23.9 Å². The fourth-order valence-corrected chi connectivity index (χ4v) is 2.37. The fraction of sp³-hybridized carbons (Fsp3) is 0.600. The second kappa shape index (κ2) is 5.79. The Labute approximate surface area is 119 Å². The highest BCUT2D eigenvalue weighted by atomic mass is 16.5. The third kappa shape index (κ3) is 3.70. The maximum atomic E-state index is 10.9. The topological polar surface area (TPSA) is 71.5 Å². The molecular weight excluding hydrogens is 256 g/mol. The maximum absolute atomic E-state index is 10.9. The molecule has 0 spiro atoms. The summed E-state index contributed by atoms with van der Waals surface area (Å²) in [5.74, 6) is -0.391. The molecule has 1 aliphatic rings. The number of nitrogens with zero attached hydrogens (tertiary/aromatic N) is 1. The minimum Gasteiger partial charge on any atom is -0.477 e. The van der Waals surface area contributed by atoms with Crippen molar-refractivity contribution in [1.82, 2.24) is 4.98 Å². The van der Waals surface area contributed by atoms with Crippen molar-refractivity contribution in [3.8, 4) is 0 Å². The van der Waals surface area contributed by atoms with Crippen molar-refractivity contribution in [2.75, 3.05) is 11.9 Å². The lowest BCUT2D eigenvalue weighted by atomic mass is 9.83. The minimum absolute atomic E-state index is 0.0643. The highest BCUT2D eigenvalue weighted by Crippen LogP contribution is 2.30. The second-order valence-electron chi connectivity index (χ2n) is 6.30. The Hall–Kier alpha value is -1.62. The van der Waals surface area contributed by atoms with Crippen LogP contribution in [0.15, 0.2) is 18.2 Å². The highest BCUT2D eigenvalue weighted by Gasteiger charge is 2.31. The number of carbonyl (C=O) groups is 1. The van der Waals surface area contributed by atoms with E-state index in [4.69, 9.17) is 9.84 Å². The third-order valence-corrected chi connectivity index (χ3v) is 3.57. The number of aromatic carboxylic acids is 1. The molecule has 2 unspecified atom stereocenters. The lowest BCUT2D eigenvalue weighted by Gasteiger charge is -2.38. The normalized spacial score (nSPS) is 23.4. The smallest absolute Gasteiger partial charge is 0.354 e. The molecule has 0 aliphatic carbocycles. The number of hydrogen-bond acceptors (Lipinski definition) is 4. The molecule has 0 amide bonds. The van der Waals surface area contributed by atoms with Crippen molar-refractivity contribution < 1.29 is 14.6 Å². The van der Waals surface area contributed by atoms with Gasteiger partial charge >= 0.3 is 5.97 Å². The molecule has 0 radical (unpaired) electrons. The Balaban J connectivity index is 2.03. The summed E-state index contributed by atoms with van der Waals surface area (Å²) < 4.78 is 5.82. The zero-order valence-electron chi connectivity index (χ0n) is 12.2. The number of nitrogens with one attached hydrogen (secondary N) is 1. The van der Waals surface area contributed by atoms with E-state index >= 15 is 0 Å². The standard InChI is InChI=1S/C15H22N2O3/c1-15(2,3)12-9-10(7-8-20-12)16-13-6-4-5-11(17-13)14(18)19/h4-6,10,12H,7-9H2,1-3H3,(H,16,17)(H,18,19). The van der Waals surface area contributed by atoms with E-state index in [-0.39, 0.29) is 23.3 Å². The molecule has 2 N–H and O–H groups in total. The molecule has 2 rings (SSSR count). The van der Waals surface area contributed by atoms with Gasteiger partial charge in [0.15, 0.2) is 5.69 Å². The van der Waals surface area contributed by atoms with Gasteiger partial charge in [0.05, 0.1) is 6.10 Å². The van der Waals surface area contributed by atoms with Crippen molar-refractivity contribution in [1.29, 1.82) is 0 Å². The van der Waals surface area contributed by atoms with E-state index in [1.165, 1.54) is 6.07 Å². The molecule has 0 saturated carbocycles. The largest absolute Gasteiger partial charge is 0.477 e. The van der Waals surface area contributed by atoms with Gasteiger partial charge in [-0.25, -0.2) is 9.78 Å². The van der Waals surface area contributed by atoms with Crippen LogP contribution in [0, 0.1) is 5.41 Å². The van der Waals surface area contributed by atoms with Crippen LogP contribution in [0.25, 0.3) is 0 Å². The summed E-state index contributed by atoms with van der Waals surface area (Å²) in [6.07, 6.45) is 2.02. The summed E-state index contributed by atoms with van der Waals surface area (Å²) >= 11 is 0. The van der Waals surface area contributed by atoms with Gasteiger partial charge in [-0.05, 0) is 30.4 Å². The van der Waals surface area contributed by atoms with E-state index in [1.807, 2.05) is 0 Å². The Morgan fingerprint density at radius 2 is 2.20 bits per heavy atom. The summed E-state index contributed by atoms with van der Waals surface area (Å²) in [7, 11) is 0. The fourth-order valence-electron chi connectivity index (χ4n) is 2.37. The maximum Gasteiger partial charge on any atom is 0.354 e. The predicted molar refractivity (Wildman–Crippen MR) is 77.0 cm³/mol. The number of anilines is 1. The van der Waals surface area contributed by atoms with Crippen LogP contribution < -0.4 is 5.32 Å². The first kappa shape index (κ1) is 14.8. The lowest BCUT2D eigenvalue weighted by Crippen LogP contribution is -2.41. The number of rotatable bonds is 3. The molecule has 1 aromatic heterocycles. The van der Waals surface area contributed by atoms with Crippen LogP contribution >= 0.6 is 0 Å². The monoisotopic (exact) mass is 278 g/mol. The van der Waals surface area contributed by atoms with Crippen molar-refractivity contribution in [3.63, 3.8) is 0 Å². The van der Waals surface area contributed by atoms with Crippen LogP contribution in [0.3, 0.4) is 0 Å². The molecule has 2 atom stereocenters. The summed E-state index contributed by atoms with van der Waals surface area (Å²) in [4.78, 5) is 15.0. The van der Waals surface area contributed by atoms with Crippen LogP contribution in [0.2, 0.25) is 0 Å². The van der Waals surface area contributed by atoms with Crippen LogP contribution in [-0.4, -0.2) is 34.8 Å². The summed E-state index contributed by atoms with van der Waals surface area (Å²) in [5, 5.41) is 12.3. The van der Waals surface area contributed by atoms with Crippen molar-refractivity contribution in [2.24, 2.45) is 5.41 Å². The molecule has 1 aliphatic heterocycles. The van der Waals surface area contributed by atoms with E-state index in [1.54, 1.807) is 12.1 Å². The van der Waals surface area contributed by atoms with E-state index in [2.05, 4.69) is 31.1 Å². The number of carboxylic acids is 1. The number of aromatic nitrogens is 1. The van der Waals surface area contributed by atoms with Gasteiger partial charge in [-0.1, -0.05) is 26.8 Å². The quantitative estimate of drug-likeness (QED) is 0.889. The number of ether oxygens (including phenoxy) is 1. The molecule has 2 heterocycles. The van der Waals surface area contributed by atoms with Gasteiger partial charge in [0, 0.05) is 12.6 Å². The molecule has 5 nitrogen and oxygen atoms in total. The average Bonchev–Trinajstić information content (AvgIpc) is 2.38. The highest BCUT2D eigenvalue weighted by molar-refractivity contribution is 5.85. The Morgan fingerprint density at radius 3 is 2.85 bits per heavy atom. The van der Waals surface area contributed by atoms with Gasteiger partial charge < -0.3 is 15.2 Å². The molecule has 1 aromatic rings. The Kier molecular flexibility index (Phi) is 4.28. The first-order valence-electron chi connectivity index (χ1n) is 6.95. The molecule has 1 fully saturated rings. The van der Waals surface area contributed by atoms with Gasteiger partial charge in [0.2, 0.25) is 0 Å². The third-order valence-electron chi connectivity index (χ3n) is 3.57. The predicted octanol–water partition coefficient (Wildman–Crippen LogP) is 2.79. The average molecular weight is 278 g/mol. The second-order valence-corrected chi connectivity index (χ2v) is 6.30. The van der Waals surface area contributed by atoms with Gasteiger partial charge in [-0.15, -0.1) is 0 Å². The zero-order chi connectivity index (χ0) is 14.8. The number of carboxylic acid groups (broad SMARTS) is 1. The zero-order valence-corrected chi connectivity index (χ0v) is 12.2. The summed E-state index contributed by atoms with van der Waals surface area (Å²) in [6, 6.07) is 5.27. The Bertz CT molecular complexity index is 482. The van der Waals surface area contributed by atoms with Gasteiger partial charge in [0.25, 0.3) is 0 Å². The Morgan fingerprint density at radius 1 is 1.45 bits per heavy atom. The molecule has 0 aromatic carbocycles. The SMILES string of the molecule is CC(C)(C)C1CC(Nc2cccc(C(=O)O)n2)CCO1. The molecule has 1 saturated heterocycles. The minimum atomic E-state index is -1.01. The van der Waals surface area contributed by atoms with E-state index < -0.39 is 5.97 Å². The number of pyridine rings is 1. The van der Waals surface area contributed by atoms with Crippen LogP contribution in [0.4, 0.5) is 5.82 Å². The van der Waals surface area contributed by atoms with E-state index in [0.717, 1.165) is 19.4 Å².